The molecule has 1 fully saturated rings. The van der Waals surface area contributed by atoms with E-state index in [4.69, 9.17) is 4.74 Å². The number of aromatic hydroxyl groups is 1. The number of piperidine rings is 1. The van der Waals surface area contributed by atoms with Crippen molar-refractivity contribution in [3.63, 3.8) is 0 Å². The molecule has 1 aliphatic heterocycles. The van der Waals surface area contributed by atoms with Crippen LogP contribution < -0.4 is 10.1 Å². The van der Waals surface area contributed by atoms with Gasteiger partial charge < -0.3 is 15.2 Å². The number of aryl methyl sites for hydroxylation is 2. The normalized spacial score (nSPS) is 21.0. The van der Waals surface area contributed by atoms with Gasteiger partial charge in [-0.25, -0.2) is 18.9 Å². The van der Waals surface area contributed by atoms with Gasteiger partial charge in [-0.05, 0) is 65.3 Å². The number of aromatic nitrogens is 6. The second-order valence-electron chi connectivity index (χ2n) is 10.7. The average Bonchev–Trinajstić information content (AvgIpc) is 3.18. The molecule has 0 spiro atoms. The van der Waals surface area contributed by atoms with E-state index in [1.54, 1.807) is 28.9 Å². The third-order valence-corrected chi connectivity index (χ3v) is 6.44. The number of ether oxygens (including phenoxy) is 1. The minimum absolute atomic E-state index is 0.0532. The van der Waals surface area contributed by atoms with Gasteiger partial charge in [0.15, 0.2) is 11.8 Å². The lowest BCUT2D eigenvalue weighted by Gasteiger charge is -2.48. The summed E-state index contributed by atoms with van der Waals surface area (Å²) in [4.78, 5) is 8.88. The van der Waals surface area contributed by atoms with E-state index < -0.39 is 17.8 Å². The van der Waals surface area contributed by atoms with Gasteiger partial charge in [-0.3, -0.25) is 0 Å². The largest absolute Gasteiger partial charge is 0.506 e. The maximum atomic E-state index is 15.1. The Morgan fingerprint density at radius 3 is 2.58 bits per heavy atom. The molecule has 0 unspecified atom stereocenters. The van der Waals surface area contributed by atoms with Crippen LogP contribution in [0.5, 0.6) is 11.6 Å². The van der Waals surface area contributed by atoms with E-state index >= 15 is 4.39 Å². The molecule has 2 atom stereocenters. The van der Waals surface area contributed by atoms with E-state index in [0.717, 1.165) is 16.9 Å². The molecule has 5 heterocycles. The van der Waals surface area contributed by atoms with Gasteiger partial charge in [0.25, 0.3) is 0 Å². The van der Waals surface area contributed by atoms with Crippen molar-refractivity contribution in [2.24, 2.45) is 0 Å². The van der Waals surface area contributed by atoms with Crippen molar-refractivity contribution >= 4 is 5.65 Å². The van der Waals surface area contributed by atoms with Crippen molar-refractivity contribution in [3.05, 3.63) is 47.9 Å². The van der Waals surface area contributed by atoms with Gasteiger partial charge in [0, 0.05) is 35.3 Å². The van der Waals surface area contributed by atoms with Crippen molar-refractivity contribution in [2.45, 2.75) is 71.3 Å². The summed E-state index contributed by atoms with van der Waals surface area (Å²) in [7, 11) is 0. The molecule has 5 rings (SSSR count). The van der Waals surface area contributed by atoms with Crippen LogP contribution in [0.25, 0.3) is 28.3 Å². The number of alkyl halides is 1. The quantitative estimate of drug-likeness (QED) is 0.437. The minimum Gasteiger partial charge on any atom is -0.506 e. The lowest BCUT2D eigenvalue weighted by molar-refractivity contribution is -0.0281. The second-order valence-corrected chi connectivity index (χ2v) is 10.7. The highest BCUT2D eigenvalue weighted by atomic mass is 19.1. The first-order valence-corrected chi connectivity index (χ1v) is 11.9. The van der Waals surface area contributed by atoms with Crippen LogP contribution in [-0.4, -0.2) is 58.2 Å². The molecule has 10 heteroatoms. The number of fused-ring (bicyclic) bond motifs is 1. The van der Waals surface area contributed by atoms with Crippen LogP contribution >= 0.6 is 0 Å². The second kappa shape index (κ2) is 8.48. The first-order valence-electron chi connectivity index (χ1n) is 11.9. The van der Waals surface area contributed by atoms with Crippen LogP contribution in [0.1, 0.15) is 45.4 Å². The zero-order valence-electron chi connectivity index (χ0n) is 21.2. The van der Waals surface area contributed by atoms with Gasteiger partial charge >= 0.3 is 0 Å². The van der Waals surface area contributed by atoms with Crippen LogP contribution in [0.4, 0.5) is 4.39 Å². The number of nitrogens with zero attached hydrogens (tertiary/aromatic N) is 6. The standard InChI is InChI=1S/C26H30FN7O2/c1-14-9-18(32-34-13-15(2)29-24(14)34)16-10-19(35)22(28-12-16)17-7-8-21(31-30-17)36-20-11-25(3,4)33-26(5,6)23(20)27/h7-10,12-13,20,23,33,35H,11H2,1-6H3/t20-,23-/m1/s1. The van der Waals surface area contributed by atoms with E-state index in [1.165, 1.54) is 0 Å². The Kier molecular flexibility index (Phi) is 5.66. The summed E-state index contributed by atoms with van der Waals surface area (Å²) in [5.41, 5.74) is 3.59. The Morgan fingerprint density at radius 2 is 1.89 bits per heavy atom. The summed E-state index contributed by atoms with van der Waals surface area (Å²) in [6.45, 7) is 11.6. The van der Waals surface area contributed by atoms with E-state index in [-0.39, 0.29) is 22.9 Å². The monoisotopic (exact) mass is 491 g/mol. The number of halogens is 1. The fourth-order valence-corrected chi connectivity index (χ4v) is 5.01. The molecular weight excluding hydrogens is 461 g/mol. The molecule has 9 nitrogen and oxygen atoms in total. The van der Waals surface area contributed by atoms with Crippen LogP contribution in [0.15, 0.2) is 36.7 Å². The highest BCUT2D eigenvalue weighted by Gasteiger charge is 2.47. The maximum Gasteiger partial charge on any atom is 0.233 e. The molecule has 0 saturated carbocycles. The van der Waals surface area contributed by atoms with Crippen molar-refractivity contribution in [1.82, 2.24) is 35.1 Å². The highest BCUT2D eigenvalue weighted by Crippen LogP contribution is 2.34. The first kappa shape index (κ1) is 24.1. The lowest BCUT2D eigenvalue weighted by atomic mass is 9.79. The SMILES string of the molecule is Cc1cn2nc(-c3cnc(-c4ccc(O[C@@H]5CC(C)(C)NC(C)(C)[C@@H]5F)nn4)c(O)c3)cc(C)c2n1. The summed E-state index contributed by atoms with van der Waals surface area (Å²) in [6.07, 6.45) is 2.10. The molecule has 1 saturated heterocycles. The van der Waals surface area contributed by atoms with E-state index in [1.807, 2.05) is 53.8 Å². The molecule has 1 aliphatic rings. The van der Waals surface area contributed by atoms with Crippen LogP contribution in [0, 0.1) is 13.8 Å². The third kappa shape index (κ3) is 4.48. The molecular formula is C26H30FN7O2. The summed E-state index contributed by atoms with van der Waals surface area (Å²) in [5, 5.41) is 26.9. The van der Waals surface area contributed by atoms with Crippen LogP contribution in [0.2, 0.25) is 0 Å². The fraction of sp³-hybridized carbons (Fsp3) is 0.423. The van der Waals surface area contributed by atoms with Crippen molar-refractivity contribution < 1.29 is 14.2 Å². The van der Waals surface area contributed by atoms with Crippen LogP contribution in [-0.2, 0) is 0 Å². The summed E-state index contributed by atoms with van der Waals surface area (Å²) in [6, 6.07) is 6.77. The molecule has 0 radical (unpaired) electrons. The average molecular weight is 492 g/mol. The van der Waals surface area contributed by atoms with E-state index in [2.05, 4.69) is 30.6 Å². The number of hydrogen-bond acceptors (Lipinski definition) is 8. The number of rotatable bonds is 4. The van der Waals surface area contributed by atoms with Gasteiger partial charge in [-0.15, -0.1) is 10.2 Å². The zero-order chi connectivity index (χ0) is 25.8. The Morgan fingerprint density at radius 1 is 1.11 bits per heavy atom. The minimum atomic E-state index is -1.21. The Labute approximate surface area is 208 Å². The zero-order valence-corrected chi connectivity index (χ0v) is 21.2. The smallest absolute Gasteiger partial charge is 0.233 e. The van der Waals surface area contributed by atoms with E-state index in [9.17, 15) is 5.11 Å². The topological polar surface area (TPSA) is 110 Å². The van der Waals surface area contributed by atoms with Crippen molar-refractivity contribution in [1.29, 1.82) is 0 Å². The summed E-state index contributed by atoms with van der Waals surface area (Å²) >= 11 is 0. The number of imidazole rings is 1. The molecule has 0 amide bonds. The van der Waals surface area contributed by atoms with Crippen molar-refractivity contribution in [3.8, 4) is 34.3 Å². The summed E-state index contributed by atoms with van der Waals surface area (Å²) in [5.74, 6) is 0.169. The maximum absolute atomic E-state index is 15.1. The molecule has 188 valence electrons. The van der Waals surface area contributed by atoms with Crippen molar-refractivity contribution in [2.75, 3.05) is 0 Å². The number of nitrogens with one attached hydrogen (secondary N) is 1. The van der Waals surface area contributed by atoms with Crippen LogP contribution in [0.3, 0.4) is 0 Å². The predicted octanol–water partition coefficient (Wildman–Crippen LogP) is 4.21. The molecule has 36 heavy (non-hydrogen) atoms. The van der Waals surface area contributed by atoms with E-state index in [0.29, 0.717) is 23.4 Å². The van der Waals surface area contributed by atoms with Gasteiger partial charge in [0.05, 0.1) is 17.6 Å². The molecule has 4 aromatic heterocycles. The molecule has 2 N–H and O–H groups in total. The highest BCUT2D eigenvalue weighted by molar-refractivity contribution is 5.69. The van der Waals surface area contributed by atoms with Gasteiger partial charge in [0.2, 0.25) is 5.88 Å². The Balaban J connectivity index is 1.37. The lowest BCUT2D eigenvalue weighted by Crippen LogP contribution is -2.66. The number of pyridine rings is 1. The first-order chi connectivity index (χ1) is 16.9. The number of hydrogen-bond donors (Lipinski definition) is 2. The summed E-state index contributed by atoms with van der Waals surface area (Å²) < 4.78 is 22.7. The third-order valence-electron chi connectivity index (χ3n) is 6.44. The predicted molar refractivity (Wildman–Crippen MR) is 134 cm³/mol. The molecule has 0 aliphatic carbocycles. The Hall–Kier alpha value is -3.66. The fourth-order valence-electron chi connectivity index (χ4n) is 5.01. The van der Waals surface area contributed by atoms with Gasteiger partial charge in [-0.2, -0.15) is 5.10 Å². The molecule has 0 aromatic carbocycles. The van der Waals surface area contributed by atoms with Gasteiger partial charge in [0.1, 0.15) is 23.2 Å². The molecule has 4 aromatic rings. The Bertz CT molecular complexity index is 1430. The van der Waals surface area contributed by atoms with Gasteiger partial charge in [-0.1, -0.05) is 0 Å². The molecule has 0 bridgehead atoms.